The first-order chi connectivity index (χ1) is 15.9. The van der Waals surface area contributed by atoms with Crippen LogP contribution in [0.2, 0.25) is 0 Å². The highest BCUT2D eigenvalue weighted by molar-refractivity contribution is 7.99. The Labute approximate surface area is 191 Å². The zero-order valence-corrected chi connectivity index (χ0v) is 18.1. The van der Waals surface area contributed by atoms with Crippen LogP contribution in [-0.2, 0) is 4.79 Å². The van der Waals surface area contributed by atoms with E-state index >= 15 is 0 Å². The van der Waals surface area contributed by atoms with Crippen molar-refractivity contribution in [2.45, 2.75) is 12.1 Å². The van der Waals surface area contributed by atoms with Crippen LogP contribution in [0.5, 0.6) is 0 Å². The fourth-order valence-electron chi connectivity index (χ4n) is 3.33. The third-order valence-corrected chi connectivity index (χ3v) is 5.89. The number of fused-ring (bicyclic) bond motifs is 1. The number of nitro benzene ring substituents is 1. The molecular weight excluding hydrogens is 447 g/mol. The zero-order valence-electron chi connectivity index (χ0n) is 17.3. The molecule has 1 N–H and O–H groups in total. The van der Waals surface area contributed by atoms with E-state index in [0.717, 1.165) is 16.3 Å². The van der Waals surface area contributed by atoms with Crippen molar-refractivity contribution in [2.75, 3.05) is 11.1 Å². The maximum atomic E-state index is 14.5. The molecule has 0 unspecified atom stereocenters. The third kappa shape index (κ3) is 4.46. The summed E-state index contributed by atoms with van der Waals surface area (Å²) in [6, 6.07) is 16.9. The molecule has 0 radical (unpaired) electrons. The molecule has 4 rings (SSSR count). The minimum atomic E-state index is -0.602. The van der Waals surface area contributed by atoms with Crippen LogP contribution in [0.3, 0.4) is 0 Å². The number of anilines is 1. The highest BCUT2D eigenvalue weighted by Gasteiger charge is 2.18. The first-order valence-corrected chi connectivity index (χ1v) is 10.8. The van der Waals surface area contributed by atoms with E-state index in [0.29, 0.717) is 22.2 Å². The number of para-hydroxylation sites is 2. The molecule has 1 heterocycles. The van der Waals surface area contributed by atoms with Crippen LogP contribution in [-0.4, -0.2) is 26.1 Å². The van der Waals surface area contributed by atoms with Crippen LogP contribution in [0.15, 0.2) is 76.7 Å². The van der Waals surface area contributed by atoms with E-state index in [4.69, 9.17) is 0 Å². The smallest absolute Gasteiger partial charge is 0.274 e. The largest absolute Gasteiger partial charge is 0.325 e. The summed E-state index contributed by atoms with van der Waals surface area (Å²) in [4.78, 5) is 40.8. The summed E-state index contributed by atoms with van der Waals surface area (Å²) in [6.45, 7) is 1.54. The lowest BCUT2D eigenvalue weighted by Gasteiger charge is -2.14. The third-order valence-electron chi connectivity index (χ3n) is 4.95. The van der Waals surface area contributed by atoms with Gasteiger partial charge in [0.1, 0.15) is 5.82 Å². The number of nitrogens with one attached hydrogen (secondary N) is 1. The number of carbonyl (C=O) groups excluding carboxylic acids is 1. The van der Waals surface area contributed by atoms with Gasteiger partial charge in [-0.2, -0.15) is 0 Å². The van der Waals surface area contributed by atoms with Gasteiger partial charge in [-0.1, -0.05) is 42.1 Å². The maximum Gasteiger partial charge on any atom is 0.274 e. The van der Waals surface area contributed by atoms with Crippen LogP contribution in [0.1, 0.15) is 5.56 Å². The Morgan fingerprint density at radius 3 is 2.61 bits per heavy atom. The summed E-state index contributed by atoms with van der Waals surface area (Å²) < 4.78 is 15.7. The maximum absolute atomic E-state index is 14.5. The van der Waals surface area contributed by atoms with Gasteiger partial charge in [-0.3, -0.25) is 24.3 Å². The van der Waals surface area contributed by atoms with Gasteiger partial charge in [0.2, 0.25) is 5.91 Å². The summed E-state index contributed by atoms with van der Waals surface area (Å²) in [5.74, 6) is -1.21. The first kappa shape index (κ1) is 22.2. The molecular formula is C23H17FN4O4S. The summed E-state index contributed by atoms with van der Waals surface area (Å²) in [5, 5.41) is 14.2. The number of nitro groups is 1. The Morgan fingerprint density at radius 2 is 1.85 bits per heavy atom. The average molecular weight is 464 g/mol. The minimum Gasteiger partial charge on any atom is -0.325 e. The van der Waals surface area contributed by atoms with Gasteiger partial charge in [0.15, 0.2) is 5.16 Å². The number of halogens is 1. The highest BCUT2D eigenvalue weighted by atomic mass is 32.2. The summed E-state index contributed by atoms with van der Waals surface area (Å²) in [7, 11) is 0. The SMILES string of the molecule is Cc1c(NC(=O)CSc2nc3ccccc3c(=O)n2-c2ccccc2F)cccc1[N+](=O)[O-]. The molecule has 1 aromatic heterocycles. The standard InChI is InChI=1S/C23H17FN4O4S/c1-14-17(10-6-12-19(14)28(31)32)25-21(29)13-33-23-26-18-9-4-2-7-15(18)22(30)27(23)20-11-5-3-8-16(20)24/h2-12H,13H2,1H3,(H,25,29). The molecule has 0 bridgehead atoms. The predicted octanol–water partition coefficient (Wildman–Crippen LogP) is 4.47. The van der Waals surface area contributed by atoms with Crippen molar-refractivity contribution < 1.29 is 14.1 Å². The van der Waals surface area contributed by atoms with Crippen molar-refractivity contribution in [2.24, 2.45) is 0 Å². The van der Waals surface area contributed by atoms with Gasteiger partial charge in [0, 0.05) is 6.07 Å². The van der Waals surface area contributed by atoms with Gasteiger partial charge < -0.3 is 5.32 Å². The molecule has 0 fully saturated rings. The molecule has 0 aliphatic heterocycles. The highest BCUT2D eigenvalue weighted by Crippen LogP contribution is 2.26. The lowest BCUT2D eigenvalue weighted by atomic mass is 10.1. The van der Waals surface area contributed by atoms with Crippen LogP contribution in [0, 0.1) is 22.9 Å². The number of amides is 1. The molecule has 33 heavy (non-hydrogen) atoms. The van der Waals surface area contributed by atoms with Gasteiger partial charge >= 0.3 is 0 Å². The van der Waals surface area contributed by atoms with Crippen molar-refractivity contribution in [1.82, 2.24) is 9.55 Å². The average Bonchev–Trinajstić information content (AvgIpc) is 2.80. The lowest BCUT2D eigenvalue weighted by Crippen LogP contribution is -2.23. The second-order valence-corrected chi connectivity index (χ2v) is 7.99. The number of hydrogen-bond donors (Lipinski definition) is 1. The fourth-order valence-corrected chi connectivity index (χ4v) is 4.13. The van der Waals surface area contributed by atoms with Crippen molar-refractivity contribution in [3.63, 3.8) is 0 Å². The molecule has 1 amide bonds. The number of hydrogen-bond acceptors (Lipinski definition) is 6. The molecule has 8 nitrogen and oxygen atoms in total. The van der Waals surface area contributed by atoms with E-state index in [9.17, 15) is 24.1 Å². The molecule has 4 aromatic rings. The Kier molecular flexibility index (Phi) is 6.18. The monoisotopic (exact) mass is 464 g/mol. The molecule has 0 aliphatic rings. The number of nitrogens with zero attached hydrogens (tertiary/aromatic N) is 3. The normalized spacial score (nSPS) is 10.8. The molecule has 0 atom stereocenters. The molecule has 10 heteroatoms. The van der Waals surface area contributed by atoms with E-state index < -0.39 is 22.2 Å². The number of benzene rings is 3. The van der Waals surface area contributed by atoms with E-state index in [1.807, 2.05) is 0 Å². The summed E-state index contributed by atoms with van der Waals surface area (Å²) >= 11 is 0.963. The molecule has 3 aromatic carbocycles. The Hall–Kier alpha value is -4.05. The van der Waals surface area contributed by atoms with E-state index in [2.05, 4.69) is 10.3 Å². The Balaban J connectivity index is 1.67. The van der Waals surface area contributed by atoms with Crippen LogP contribution in [0.4, 0.5) is 15.8 Å². The molecule has 0 saturated carbocycles. The summed E-state index contributed by atoms with van der Waals surface area (Å²) in [5.41, 5.74) is 0.527. The minimum absolute atomic E-state index is 0.0261. The topological polar surface area (TPSA) is 107 Å². The van der Waals surface area contributed by atoms with Crippen LogP contribution in [0.25, 0.3) is 16.6 Å². The van der Waals surface area contributed by atoms with Crippen molar-refractivity contribution in [3.8, 4) is 5.69 Å². The second-order valence-electron chi connectivity index (χ2n) is 7.05. The number of rotatable bonds is 6. The number of thioether (sulfide) groups is 1. The van der Waals surface area contributed by atoms with E-state index in [1.54, 1.807) is 43.3 Å². The van der Waals surface area contributed by atoms with E-state index in [-0.39, 0.29) is 22.3 Å². The Morgan fingerprint density at radius 1 is 1.12 bits per heavy atom. The fraction of sp³-hybridized carbons (Fsp3) is 0.0870. The summed E-state index contributed by atoms with van der Waals surface area (Å²) in [6.07, 6.45) is 0. The van der Waals surface area contributed by atoms with Crippen LogP contribution < -0.4 is 10.9 Å². The Bertz CT molecular complexity index is 1450. The zero-order chi connectivity index (χ0) is 23.5. The molecule has 0 aliphatic carbocycles. The lowest BCUT2D eigenvalue weighted by molar-refractivity contribution is -0.385. The van der Waals surface area contributed by atoms with Gasteiger partial charge in [-0.15, -0.1) is 0 Å². The van der Waals surface area contributed by atoms with Gasteiger partial charge in [0.05, 0.1) is 38.5 Å². The molecule has 166 valence electrons. The van der Waals surface area contributed by atoms with Crippen molar-refractivity contribution >= 4 is 39.9 Å². The second kappa shape index (κ2) is 9.21. The van der Waals surface area contributed by atoms with Crippen molar-refractivity contribution in [3.05, 3.63) is 98.6 Å². The quantitative estimate of drug-likeness (QED) is 0.195. The first-order valence-electron chi connectivity index (χ1n) is 9.80. The number of aromatic nitrogens is 2. The van der Waals surface area contributed by atoms with Crippen LogP contribution >= 0.6 is 11.8 Å². The van der Waals surface area contributed by atoms with E-state index in [1.165, 1.54) is 30.3 Å². The van der Waals surface area contributed by atoms with Gasteiger partial charge in [-0.25, -0.2) is 9.37 Å². The van der Waals surface area contributed by atoms with Gasteiger partial charge in [-0.05, 0) is 37.3 Å². The molecule has 0 spiro atoms. The van der Waals surface area contributed by atoms with Crippen molar-refractivity contribution in [1.29, 1.82) is 0 Å². The van der Waals surface area contributed by atoms with Gasteiger partial charge in [0.25, 0.3) is 11.2 Å². The molecule has 0 saturated heterocycles. The number of carbonyl (C=O) groups is 1. The predicted molar refractivity (Wildman–Crippen MR) is 124 cm³/mol.